The van der Waals surface area contributed by atoms with Crippen LogP contribution in [-0.2, 0) is 0 Å². The third kappa shape index (κ3) is 4.03. The Bertz CT molecular complexity index is 952. The second-order valence-electron chi connectivity index (χ2n) is 6.29. The predicted molar refractivity (Wildman–Crippen MR) is 105 cm³/mol. The van der Waals surface area contributed by atoms with Crippen LogP contribution in [0.3, 0.4) is 0 Å². The topological polar surface area (TPSA) is 68.7 Å². The molecular formula is C22H23NO4. The molecule has 0 radical (unpaired) electrons. The zero-order valence-corrected chi connectivity index (χ0v) is 15.6. The van der Waals surface area contributed by atoms with Gasteiger partial charge in [-0.25, -0.2) is 0 Å². The fourth-order valence-electron chi connectivity index (χ4n) is 2.96. The molecular weight excluding hydrogens is 342 g/mol. The number of phenols is 1. The van der Waals surface area contributed by atoms with Gasteiger partial charge in [0, 0.05) is 11.6 Å². The van der Waals surface area contributed by atoms with E-state index in [9.17, 15) is 9.90 Å². The molecule has 140 valence electrons. The summed E-state index contributed by atoms with van der Waals surface area (Å²) < 4.78 is 11.3. The van der Waals surface area contributed by atoms with Crippen molar-refractivity contribution in [3.63, 3.8) is 0 Å². The van der Waals surface area contributed by atoms with Crippen LogP contribution in [0.2, 0.25) is 0 Å². The van der Waals surface area contributed by atoms with Crippen LogP contribution in [0.15, 0.2) is 48.7 Å². The molecule has 0 unspecified atom stereocenters. The van der Waals surface area contributed by atoms with Gasteiger partial charge in [-0.15, -0.1) is 0 Å². The Morgan fingerprint density at radius 1 is 1.11 bits per heavy atom. The third-order valence-electron chi connectivity index (χ3n) is 4.42. The van der Waals surface area contributed by atoms with Gasteiger partial charge in [-0.1, -0.05) is 31.9 Å². The average molecular weight is 365 g/mol. The Kier molecular flexibility index (Phi) is 5.91. The highest BCUT2D eigenvalue weighted by Gasteiger charge is 2.19. The van der Waals surface area contributed by atoms with E-state index in [0.717, 1.165) is 24.6 Å². The van der Waals surface area contributed by atoms with E-state index < -0.39 is 0 Å². The van der Waals surface area contributed by atoms with Crippen LogP contribution in [-0.4, -0.2) is 29.6 Å². The number of unbranched alkanes of at least 4 members (excludes halogenated alkanes) is 2. The number of aromatic hydroxyl groups is 1. The van der Waals surface area contributed by atoms with Crippen LogP contribution >= 0.6 is 0 Å². The Hall–Kier alpha value is -3.08. The van der Waals surface area contributed by atoms with Gasteiger partial charge in [0.15, 0.2) is 11.5 Å². The van der Waals surface area contributed by atoms with Crippen molar-refractivity contribution >= 4 is 16.6 Å². The summed E-state index contributed by atoms with van der Waals surface area (Å²) in [6, 6.07) is 11.9. The second kappa shape index (κ2) is 8.54. The van der Waals surface area contributed by atoms with Gasteiger partial charge in [-0.2, -0.15) is 0 Å². The van der Waals surface area contributed by atoms with E-state index in [1.165, 1.54) is 6.07 Å². The van der Waals surface area contributed by atoms with Gasteiger partial charge in [0.05, 0.1) is 19.3 Å². The molecule has 1 heterocycles. The Labute approximate surface area is 158 Å². The number of benzene rings is 2. The number of carbonyl (C=O) groups is 1. The number of nitrogens with zero attached hydrogens (tertiary/aromatic N) is 1. The molecule has 0 saturated carbocycles. The maximum Gasteiger partial charge on any atom is 0.215 e. The second-order valence-corrected chi connectivity index (χ2v) is 6.29. The molecule has 0 amide bonds. The number of phenolic OH excluding ortho intramolecular Hbond substituents is 1. The number of hydrogen-bond donors (Lipinski definition) is 1. The zero-order chi connectivity index (χ0) is 19.2. The van der Waals surface area contributed by atoms with Crippen molar-refractivity contribution in [3.05, 3.63) is 59.9 Å². The number of methoxy groups -OCH3 is 1. The third-order valence-corrected chi connectivity index (χ3v) is 4.42. The minimum Gasteiger partial charge on any atom is -0.507 e. The molecule has 0 aliphatic carbocycles. The number of rotatable bonds is 8. The van der Waals surface area contributed by atoms with E-state index in [4.69, 9.17) is 9.47 Å². The van der Waals surface area contributed by atoms with Gasteiger partial charge in [-0.05, 0) is 42.1 Å². The first-order chi connectivity index (χ1) is 13.2. The van der Waals surface area contributed by atoms with E-state index in [2.05, 4.69) is 11.9 Å². The Balaban J connectivity index is 2.01. The van der Waals surface area contributed by atoms with Gasteiger partial charge in [0.1, 0.15) is 11.4 Å². The number of aromatic nitrogens is 1. The van der Waals surface area contributed by atoms with Crippen LogP contribution in [0.4, 0.5) is 0 Å². The minimum absolute atomic E-state index is 0.0656. The normalized spacial score (nSPS) is 10.7. The monoisotopic (exact) mass is 365 g/mol. The summed E-state index contributed by atoms with van der Waals surface area (Å²) >= 11 is 0. The first kappa shape index (κ1) is 18.7. The molecule has 3 rings (SSSR count). The molecule has 0 bridgehead atoms. The summed E-state index contributed by atoms with van der Waals surface area (Å²) in [5, 5.41) is 11.5. The molecule has 3 aromatic rings. The summed E-state index contributed by atoms with van der Waals surface area (Å²) in [7, 11) is 1.57. The minimum atomic E-state index is -0.336. The van der Waals surface area contributed by atoms with Gasteiger partial charge >= 0.3 is 0 Å². The molecule has 0 spiro atoms. The van der Waals surface area contributed by atoms with Crippen molar-refractivity contribution in [1.29, 1.82) is 0 Å². The number of fused-ring (bicyclic) bond motifs is 1. The van der Waals surface area contributed by atoms with Crippen LogP contribution in [0.5, 0.6) is 17.2 Å². The number of pyridine rings is 1. The van der Waals surface area contributed by atoms with Crippen molar-refractivity contribution in [1.82, 2.24) is 4.98 Å². The van der Waals surface area contributed by atoms with Crippen LogP contribution < -0.4 is 9.47 Å². The summed E-state index contributed by atoms with van der Waals surface area (Å²) in [6.07, 6.45) is 4.80. The van der Waals surface area contributed by atoms with Gasteiger partial charge in [-0.3, -0.25) is 9.78 Å². The molecule has 27 heavy (non-hydrogen) atoms. The van der Waals surface area contributed by atoms with Gasteiger partial charge in [0.2, 0.25) is 5.78 Å². The lowest BCUT2D eigenvalue weighted by Gasteiger charge is -2.13. The molecule has 0 aliphatic rings. The number of para-hydroxylation sites is 1. The van der Waals surface area contributed by atoms with Crippen molar-refractivity contribution in [2.75, 3.05) is 13.7 Å². The van der Waals surface area contributed by atoms with E-state index in [-0.39, 0.29) is 22.8 Å². The lowest BCUT2D eigenvalue weighted by atomic mass is 10.0. The summed E-state index contributed by atoms with van der Waals surface area (Å²) in [5.41, 5.74) is 0.487. The molecule has 0 saturated heterocycles. The zero-order valence-electron chi connectivity index (χ0n) is 15.6. The lowest BCUT2D eigenvalue weighted by molar-refractivity contribution is 0.103. The van der Waals surface area contributed by atoms with E-state index in [0.29, 0.717) is 23.5 Å². The number of ketones is 1. The highest BCUT2D eigenvalue weighted by Crippen LogP contribution is 2.34. The SMILES string of the molecule is CCCCCOc1cc2ccnc(C(=O)c3ccccc3O)c2cc1OC. The average Bonchev–Trinajstić information content (AvgIpc) is 2.70. The van der Waals surface area contributed by atoms with Gasteiger partial charge in [0.25, 0.3) is 0 Å². The first-order valence-corrected chi connectivity index (χ1v) is 9.08. The van der Waals surface area contributed by atoms with Crippen molar-refractivity contribution < 1.29 is 19.4 Å². The fraction of sp³-hybridized carbons (Fsp3) is 0.273. The van der Waals surface area contributed by atoms with Crippen molar-refractivity contribution in [3.8, 4) is 17.2 Å². The molecule has 0 aliphatic heterocycles. The standard InChI is InChI=1S/C22H23NO4/c1-3-4-7-12-27-20-13-15-10-11-23-21(17(15)14-19(20)26-2)22(25)16-8-5-6-9-18(16)24/h5-6,8-11,13-14,24H,3-4,7,12H2,1-2H3. The van der Waals surface area contributed by atoms with Gasteiger partial charge < -0.3 is 14.6 Å². The number of carbonyl (C=O) groups excluding carboxylic acids is 1. The highest BCUT2D eigenvalue weighted by molar-refractivity contribution is 6.16. The number of ether oxygens (including phenoxy) is 2. The fourth-order valence-corrected chi connectivity index (χ4v) is 2.96. The maximum atomic E-state index is 12.9. The smallest absolute Gasteiger partial charge is 0.215 e. The lowest BCUT2D eigenvalue weighted by Crippen LogP contribution is -2.06. The molecule has 5 heteroatoms. The van der Waals surface area contributed by atoms with E-state index >= 15 is 0 Å². The van der Waals surface area contributed by atoms with Crippen molar-refractivity contribution in [2.45, 2.75) is 26.2 Å². The summed E-state index contributed by atoms with van der Waals surface area (Å²) in [5.74, 6) is 0.799. The largest absolute Gasteiger partial charge is 0.507 e. The van der Waals surface area contributed by atoms with Crippen LogP contribution in [0.25, 0.3) is 10.8 Å². The summed E-state index contributed by atoms with van der Waals surface area (Å²) in [6.45, 7) is 2.76. The quantitative estimate of drug-likeness (QED) is 0.461. The molecule has 2 aromatic carbocycles. The highest BCUT2D eigenvalue weighted by atomic mass is 16.5. The molecule has 1 N–H and O–H groups in total. The van der Waals surface area contributed by atoms with E-state index in [1.807, 2.05) is 12.1 Å². The molecule has 5 nitrogen and oxygen atoms in total. The first-order valence-electron chi connectivity index (χ1n) is 9.08. The maximum absolute atomic E-state index is 12.9. The number of hydrogen-bond acceptors (Lipinski definition) is 5. The van der Waals surface area contributed by atoms with E-state index in [1.54, 1.807) is 37.6 Å². The summed E-state index contributed by atoms with van der Waals surface area (Å²) in [4.78, 5) is 17.2. The molecule has 1 aromatic heterocycles. The molecule has 0 atom stereocenters. The Morgan fingerprint density at radius 2 is 1.93 bits per heavy atom. The van der Waals surface area contributed by atoms with Crippen LogP contribution in [0, 0.1) is 0 Å². The predicted octanol–water partition coefficient (Wildman–Crippen LogP) is 4.75. The van der Waals surface area contributed by atoms with Crippen molar-refractivity contribution in [2.24, 2.45) is 0 Å². The van der Waals surface area contributed by atoms with Crippen LogP contribution in [0.1, 0.15) is 42.2 Å². The Morgan fingerprint density at radius 3 is 2.67 bits per heavy atom. The molecule has 0 fully saturated rings.